The van der Waals surface area contributed by atoms with E-state index in [-0.39, 0.29) is 53.5 Å². The summed E-state index contributed by atoms with van der Waals surface area (Å²) in [7, 11) is -2.93. The van der Waals surface area contributed by atoms with Crippen molar-refractivity contribution < 1.29 is 31.9 Å². The summed E-state index contributed by atoms with van der Waals surface area (Å²) >= 11 is 0. The number of nitrogens with zero attached hydrogens (tertiary/aromatic N) is 6. The van der Waals surface area contributed by atoms with Gasteiger partial charge in [-0.3, -0.25) is 4.90 Å². The monoisotopic (exact) mass is 692 g/mol. The van der Waals surface area contributed by atoms with E-state index >= 15 is 0 Å². The summed E-state index contributed by atoms with van der Waals surface area (Å²) in [5.41, 5.74) is -1.46. The number of aryl methyl sites for hydroxylation is 1. The highest BCUT2D eigenvalue weighted by atomic mass is 28.4. The van der Waals surface area contributed by atoms with Crippen LogP contribution in [0, 0.1) is 0 Å². The van der Waals surface area contributed by atoms with Crippen molar-refractivity contribution in [3.8, 4) is 11.3 Å². The molecule has 258 valence electrons. The van der Waals surface area contributed by atoms with Gasteiger partial charge in [0.2, 0.25) is 5.95 Å². The Morgan fingerprint density at radius 1 is 0.939 bits per heavy atom. The van der Waals surface area contributed by atoms with Crippen molar-refractivity contribution in [1.82, 2.24) is 19.9 Å². The van der Waals surface area contributed by atoms with E-state index < -0.39 is 32.4 Å². The van der Waals surface area contributed by atoms with Gasteiger partial charge in [0.1, 0.15) is 17.7 Å². The van der Waals surface area contributed by atoms with Gasteiger partial charge in [-0.2, -0.15) is 18.2 Å². The number of ether oxygens (including phenoxy) is 2. The summed E-state index contributed by atoms with van der Waals surface area (Å²) in [5.74, 6) is 0.339. The SMILES string of the molecule is CCc1ncc(-c2cc(N3CC(CO[Si](c4ccccc4)(c4ccccc4)C(C)(C)C)OC3=O)nc(N3CCOCC3)n2)c(C(F)(F)F)n1. The number of amides is 1. The van der Waals surface area contributed by atoms with Gasteiger partial charge >= 0.3 is 12.3 Å². The van der Waals surface area contributed by atoms with Crippen LogP contribution >= 0.6 is 0 Å². The number of hydrogen-bond donors (Lipinski definition) is 0. The molecule has 1 unspecified atom stereocenters. The Labute approximate surface area is 284 Å². The molecule has 4 aromatic rings. The third kappa shape index (κ3) is 7.03. The maximum atomic E-state index is 14.3. The summed E-state index contributed by atoms with van der Waals surface area (Å²) in [6, 6.07) is 21.6. The average molecular weight is 693 g/mol. The summed E-state index contributed by atoms with van der Waals surface area (Å²) in [6.45, 7) is 10.0. The van der Waals surface area contributed by atoms with Gasteiger partial charge in [0.05, 0.1) is 32.1 Å². The van der Waals surface area contributed by atoms with Gasteiger partial charge in [-0.1, -0.05) is 88.4 Å². The van der Waals surface area contributed by atoms with Crippen molar-refractivity contribution in [3.63, 3.8) is 0 Å². The summed E-state index contributed by atoms with van der Waals surface area (Å²) in [4.78, 5) is 33.7. The van der Waals surface area contributed by atoms with Crippen molar-refractivity contribution >= 4 is 36.6 Å². The van der Waals surface area contributed by atoms with Crippen LogP contribution in [0.1, 0.15) is 39.2 Å². The molecule has 2 aliphatic rings. The van der Waals surface area contributed by atoms with E-state index in [4.69, 9.17) is 13.9 Å². The maximum absolute atomic E-state index is 14.3. The van der Waals surface area contributed by atoms with Crippen molar-refractivity contribution in [2.24, 2.45) is 0 Å². The number of rotatable bonds is 9. The molecule has 0 bridgehead atoms. The van der Waals surface area contributed by atoms with Crippen LogP contribution in [0.2, 0.25) is 5.04 Å². The molecule has 0 radical (unpaired) electrons. The fourth-order valence-corrected chi connectivity index (χ4v) is 11.0. The molecule has 0 spiro atoms. The minimum absolute atomic E-state index is 0.0544. The third-order valence-electron chi connectivity index (χ3n) is 8.75. The number of morpholine rings is 1. The number of benzene rings is 2. The van der Waals surface area contributed by atoms with Crippen LogP contribution in [0.25, 0.3) is 11.3 Å². The van der Waals surface area contributed by atoms with E-state index in [9.17, 15) is 18.0 Å². The molecule has 0 aliphatic carbocycles. The van der Waals surface area contributed by atoms with E-state index in [1.54, 1.807) is 6.92 Å². The average Bonchev–Trinajstić information content (AvgIpc) is 3.48. The molecule has 14 heteroatoms. The number of carbonyl (C=O) groups excluding carboxylic acids is 1. The van der Waals surface area contributed by atoms with Crippen LogP contribution in [0.5, 0.6) is 0 Å². The quantitative estimate of drug-likeness (QED) is 0.218. The summed E-state index contributed by atoms with van der Waals surface area (Å²) in [5, 5.41) is 1.88. The van der Waals surface area contributed by atoms with Gasteiger partial charge in [-0.25, -0.2) is 19.7 Å². The second kappa shape index (κ2) is 13.8. The Morgan fingerprint density at radius 2 is 1.57 bits per heavy atom. The van der Waals surface area contributed by atoms with Crippen molar-refractivity contribution in [3.05, 3.63) is 84.4 Å². The zero-order valence-electron chi connectivity index (χ0n) is 27.9. The Hall–Kier alpha value is -4.40. The highest BCUT2D eigenvalue weighted by molar-refractivity contribution is 6.99. The van der Waals surface area contributed by atoms with E-state index in [0.29, 0.717) is 26.3 Å². The number of hydrogen-bond acceptors (Lipinski definition) is 9. The van der Waals surface area contributed by atoms with Crippen LogP contribution < -0.4 is 20.2 Å². The Morgan fingerprint density at radius 3 is 2.14 bits per heavy atom. The van der Waals surface area contributed by atoms with E-state index in [0.717, 1.165) is 16.6 Å². The molecule has 2 aromatic heterocycles. The molecule has 49 heavy (non-hydrogen) atoms. The van der Waals surface area contributed by atoms with Gasteiger partial charge in [0.25, 0.3) is 8.32 Å². The van der Waals surface area contributed by atoms with Gasteiger partial charge in [0, 0.05) is 37.3 Å². The minimum Gasteiger partial charge on any atom is -0.441 e. The van der Waals surface area contributed by atoms with Crippen molar-refractivity contribution in [2.45, 2.75) is 51.4 Å². The Balaban J connectivity index is 1.35. The Kier molecular flexibility index (Phi) is 9.73. The summed E-state index contributed by atoms with van der Waals surface area (Å²) in [6.07, 6.45) is -4.75. The molecule has 1 amide bonds. The molecule has 10 nitrogen and oxygen atoms in total. The molecule has 2 saturated heterocycles. The first-order valence-corrected chi connectivity index (χ1v) is 18.2. The second-order valence-electron chi connectivity index (χ2n) is 13.0. The second-order valence-corrected chi connectivity index (χ2v) is 17.3. The molecule has 6 rings (SSSR count). The lowest BCUT2D eigenvalue weighted by molar-refractivity contribution is -0.140. The van der Waals surface area contributed by atoms with Crippen molar-refractivity contribution in [1.29, 1.82) is 0 Å². The first kappa shape index (κ1) is 34.5. The van der Waals surface area contributed by atoms with Crippen LogP contribution in [-0.2, 0) is 26.5 Å². The van der Waals surface area contributed by atoms with E-state index in [1.807, 2.05) is 41.3 Å². The third-order valence-corrected chi connectivity index (χ3v) is 13.8. The predicted octanol–water partition coefficient (Wildman–Crippen LogP) is 5.25. The number of cyclic esters (lactones) is 1. The lowest BCUT2D eigenvalue weighted by Crippen LogP contribution is -2.67. The number of halogens is 3. The van der Waals surface area contributed by atoms with Gasteiger partial charge in [-0.05, 0) is 15.4 Å². The minimum atomic E-state index is -4.76. The zero-order valence-corrected chi connectivity index (χ0v) is 28.9. The molecular formula is C35H39F3N6O4Si. The standard InChI is InChI=1S/C35H39F3N6O4Si/c1-5-29-39-21-27(31(41-29)35(36,37)38)28-20-30(42-32(40-28)43-16-18-46-19-17-43)44-22-24(48-33(44)45)23-47-49(34(2,3)4,25-12-8-6-9-13-25)26-14-10-7-11-15-26/h6-15,20-21,24H,5,16-19,22-23H2,1-4H3. The number of carbonyl (C=O) groups is 1. The van der Waals surface area contributed by atoms with Crippen LogP contribution in [0.15, 0.2) is 72.9 Å². The number of alkyl halides is 3. The van der Waals surface area contributed by atoms with E-state index in [1.165, 1.54) is 11.0 Å². The number of anilines is 2. The molecule has 2 fully saturated rings. The molecule has 0 N–H and O–H groups in total. The molecular weight excluding hydrogens is 654 g/mol. The van der Waals surface area contributed by atoms with Crippen LogP contribution in [0.3, 0.4) is 0 Å². The predicted molar refractivity (Wildman–Crippen MR) is 182 cm³/mol. The molecule has 1 atom stereocenters. The number of aromatic nitrogens is 4. The smallest absolute Gasteiger partial charge is 0.434 e. The lowest BCUT2D eigenvalue weighted by atomic mass is 10.1. The fraction of sp³-hybridized carbons (Fsp3) is 0.400. The Bertz CT molecular complexity index is 1730. The van der Waals surface area contributed by atoms with Gasteiger partial charge in [-0.15, -0.1) is 0 Å². The van der Waals surface area contributed by atoms with Crippen LogP contribution in [-0.4, -0.2) is 79.9 Å². The fourth-order valence-electron chi connectivity index (χ4n) is 6.37. The lowest BCUT2D eigenvalue weighted by Gasteiger charge is -2.43. The molecule has 0 saturated carbocycles. The normalized spacial score (nSPS) is 17.4. The van der Waals surface area contributed by atoms with E-state index in [2.05, 4.69) is 65.0 Å². The molecule has 2 aromatic carbocycles. The van der Waals surface area contributed by atoms with Gasteiger partial charge < -0.3 is 18.8 Å². The first-order chi connectivity index (χ1) is 23.4. The first-order valence-electron chi connectivity index (χ1n) is 16.3. The summed E-state index contributed by atoms with van der Waals surface area (Å²) < 4.78 is 61.1. The zero-order chi connectivity index (χ0) is 34.8. The van der Waals surface area contributed by atoms with Crippen molar-refractivity contribution in [2.75, 3.05) is 49.3 Å². The van der Waals surface area contributed by atoms with Crippen LogP contribution in [0.4, 0.5) is 29.7 Å². The topological polar surface area (TPSA) is 103 Å². The molecule has 4 heterocycles. The highest BCUT2D eigenvalue weighted by Crippen LogP contribution is 2.39. The van der Waals surface area contributed by atoms with Gasteiger partial charge in [0.15, 0.2) is 5.69 Å². The highest BCUT2D eigenvalue weighted by Gasteiger charge is 2.51. The largest absolute Gasteiger partial charge is 0.441 e. The maximum Gasteiger partial charge on any atom is 0.434 e. The molecule has 2 aliphatic heterocycles.